The molecule has 1 aromatic rings. The fourth-order valence-electron chi connectivity index (χ4n) is 2.54. The van der Waals surface area contributed by atoms with Gasteiger partial charge in [0.25, 0.3) is 0 Å². The molecule has 0 radical (unpaired) electrons. The summed E-state index contributed by atoms with van der Waals surface area (Å²) in [7, 11) is 0. The lowest BCUT2D eigenvalue weighted by Gasteiger charge is -2.37. The van der Waals surface area contributed by atoms with Crippen LogP contribution in [-0.2, 0) is 9.53 Å². The maximum absolute atomic E-state index is 13.1. The van der Waals surface area contributed by atoms with Crippen LogP contribution < -0.4 is 5.32 Å². The molecule has 0 unspecified atom stereocenters. The van der Waals surface area contributed by atoms with Gasteiger partial charge in [-0.05, 0) is 32.0 Å². The van der Waals surface area contributed by atoms with E-state index >= 15 is 0 Å². The molecule has 0 spiro atoms. The van der Waals surface area contributed by atoms with E-state index in [9.17, 15) is 13.6 Å². The Bertz CT molecular complexity index is 545. The van der Waals surface area contributed by atoms with Crippen LogP contribution in [0, 0.1) is 11.6 Å². The van der Waals surface area contributed by atoms with Gasteiger partial charge in [-0.2, -0.15) is 0 Å². The molecule has 2 rings (SSSR count). The van der Waals surface area contributed by atoms with E-state index in [0.29, 0.717) is 30.7 Å². The first-order valence-electron chi connectivity index (χ1n) is 7.65. The van der Waals surface area contributed by atoms with Crippen molar-refractivity contribution in [2.45, 2.75) is 30.8 Å². The number of rotatable bonds is 6. The van der Waals surface area contributed by atoms with Gasteiger partial charge < -0.3 is 10.1 Å². The van der Waals surface area contributed by atoms with Gasteiger partial charge in [0.15, 0.2) is 11.6 Å². The van der Waals surface area contributed by atoms with Gasteiger partial charge in [0.05, 0.1) is 19.0 Å². The smallest absolute Gasteiger partial charge is 0.230 e. The number of hydrogen-bond acceptors (Lipinski definition) is 4. The van der Waals surface area contributed by atoms with E-state index in [1.54, 1.807) is 0 Å². The quantitative estimate of drug-likeness (QED) is 0.804. The van der Waals surface area contributed by atoms with Gasteiger partial charge in [0, 0.05) is 30.1 Å². The molecule has 1 amide bonds. The van der Waals surface area contributed by atoms with E-state index in [1.807, 2.05) is 0 Å². The normalized spacial score (nSPS) is 20.3. The molecule has 1 fully saturated rings. The van der Waals surface area contributed by atoms with Gasteiger partial charge in [-0.25, -0.2) is 8.78 Å². The van der Waals surface area contributed by atoms with Crippen LogP contribution in [0.1, 0.15) is 13.8 Å². The largest absolute Gasteiger partial charge is 0.379 e. The molecule has 128 valence electrons. The highest BCUT2D eigenvalue weighted by Gasteiger charge is 2.23. The summed E-state index contributed by atoms with van der Waals surface area (Å²) in [5.74, 6) is -1.72. The number of nitrogens with zero attached hydrogens (tertiary/aromatic N) is 1. The molecule has 0 aliphatic carbocycles. The fourth-order valence-corrected chi connectivity index (χ4v) is 3.29. The Morgan fingerprint density at radius 3 is 2.96 bits per heavy atom. The molecular formula is C16H22F2N2O2S. The van der Waals surface area contributed by atoms with Gasteiger partial charge in [-0.15, -0.1) is 11.8 Å². The lowest BCUT2D eigenvalue weighted by atomic mass is 10.2. The summed E-state index contributed by atoms with van der Waals surface area (Å²) in [6.07, 6.45) is 0. The maximum atomic E-state index is 13.1. The second-order valence-corrected chi connectivity index (χ2v) is 6.73. The highest BCUT2D eigenvalue weighted by molar-refractivity contribution is 8.00. The summed E-state index contributed by atoms with van der Waals surface area (Å²) in [4.78, 5) is 14.7. The first-order valence-corrected chi connectivity index (χ1v) is 8.64. The molecule has 1 N–H and O–H groups in total. The molecule has 0 saturated carbocycles. The van der Waals surface area contributed by atoms with Crippen LogP contribution in [0.15, 0.2) is 23.1 Å². The third-order valence-corrected chi connectivity index (χ3v) is 4.83. The second kappa shape index (κ2) is 8.61. The number of halogens is 2. The number of morpholine rings is 1. The Labute approximate surface area is 139 Å². The third kappa shape index (κ3) is 5.44. The number of ether oxygens (including phenoxy) is 1. The summed E-state index contributed by atoms with van der Waals surface area (Å²) in [5, 5.41) is 2.89. The van der Waals surface area contributed by atoms with Crippen molar-refractivity contribution in [1.82, 2.24) is 10.2 Å². The van der Waals surface area contributed by atoms with Gasteiger partial charge in [-0.3, -0.25) is 9.69 Å². The fraction of sp³-hybridized carbons (Fsp3) is 0.562. The number of nitrogens with one attached hydrogen (secondary N) is 1. The van der Waals surface area contributed by atoms with Crippen molar-refractivity contribution in [3.8, 4) is 0 Å². The van der Waals surface area contributed by atoms with E-state index in [1.165, 1.54) is 17.8 Å². The molecule has 1 aliphatic rings. The maximum Gasteiger partial charge on any atom is 0.230 e. The predicted molar refractivity (Wildman–Crippen MR) is 86.5 cm³/mol. The molecule has 1 aromatic carbocycles. The van der Waals surface area contributed by atoms with Crippen molar-refractivity contribution >= 4 is 17.7 Å². The second-order valence-electron chi connectivity index (χ2n) is 5.68. The van der Waals surface area contributed by atoms with Crippen molar-refractivity contribution in [1.29, 1.82) is 0 Å². The average molecular weight is 344 g/mol. The van der Waals surface area contributed by atoms with Crippen LogP contribution in [0.2, 0.25) is 0 Å². The van der Waals surface area contributed by atoms with E-state index in [4.69, 9.17) is 4.74 Å². The lowest BCUT2D eigenvalue weighted by molar-refractivity contribution is -0.119. The first-order chi connectivity index (χ1) is 11.0. The minimum atomic E-state index is -0.898. The first kappa shape index (κ1) is 18.2. The summed E-state index contributed by atoms with van der Waals surface area (Å²) in [5.41, 5.74) is 0. The predicted octanol–water partition coefficient (Wildman–Crippen LogP) is 2.28. The molecule has 1 saturated heterocycles. The molecule has 0 aromatic heterocycles. The molecule has 23 heavy (non-hydrogen) atoms. The molecule has 2 atom stereocenters. The minimum absolute atomic E-state index is 0.118. The number of carbonyl (C=O) groups is 1. The molecule has 4 nitrogen and oxygen atoms in total. The summed E-state index contributed by atoms with van der Waals surface area (Å²) < 4.78 is 31.3. The zero-order valence-corrected chi connectivity index (χ0v) is 14.2. The zero-order valence-electron chi connectivity index (χ0n) is 13.4. The minimum Gasteiger partial charge on any atom is -0.379 e. The molecular weight excluding hydrogens is 322 g/mol. The molecule has 0 bridgehead atoms. The van der Waals surface area contributed by atoms with Crippen molar-refractivity contribution in [3.63, 3.8) is 0 Å². The van der Waals surface area contributed by atoms with E-state index in [-0.39, 0.29) is 17.7 Å². The SMILES string of the molecule is C[C@H](CNC(=O)CSc1ccc(F)c(F)c1)N1CCOC[C@@H]1C. The van der Waals surface area contributed by atoms with Gasteiger partial charge in [0.2, 0.25) is 5.91 Å². The summed E-state index contributed by atoms with van der Waals surface area (Å²) >= 11 is 1.19. The number of thioether (sulfide) groups is 1. The number of hydrogen-bond donors (Lipinski definition) is 1. The highest BCUT2D eigenvalue weighted by Crippen LogP contribution is 2.20. The Balaban J connectivity index is 1.73. The third-order valence-electron chi connectivity index (χ3n) is 3.84. The van der Waals surface area contributed by atoms with E-state index in [0.717, 1.165) is 18.7 Å². The topological polar surface area (TPSA) is 41.6 Å². The number of carbonyl (C=O) groups excluding carboxylic acids is 1. The van der Waals surface area contributed by atoms with Crippen LogP contribution in [0.4, 0.5) is 8.78 Å². The lowest BCUT2D eigenvalue weighted by Crippen LogP contribution is -2.52. The number of benzene rings is 1. The Kier molecular flexibility index (Phi) is 6.80. The monoisotopic (exact) mass is 344 g/mol. The molecule has 1 heterocycles. The molecule has 7 heteroatoms. The standard InChI is InChI=1S/C16H22F2N2O2S/c1-11(20-5-6-22-9-12(20)2)8-19-16(21)10-23-13-3-4-14(17)15(18)7-13/h3-4,7,11-12H,5-6,8-10H2,1-2H3,(H,19,21)/t11-,12+/m1/s1. The van der Waals surface area contributed by atoms with Crippen molar-refractivity contribution in [3.05, 3.63) is 29.8 Å². The van der Waals surface area contributed by atoms with E-state index < -0.39 is 11.6 Å². The Hall–Kier alpha value is -1.18. The average Bonchev–Trinajstić information content (AvgIpc) is 2.54. The van der Waals surface area contributed by atoms with Crippen molar-refractivity contribution < 1.29 is 18.3 Å². The Morgan fingerprint density at radius 1 is 1.48 bits per heavy atom. The van der Waals surface area contributed by atoms with Crippen LogP contribution in [0.5, 0.6) is 0 Å². The van der Waals surface area contributed by atoms with Crippen molar-refractivity contribution in [2.24, 2.45) is 0 Å². The van der Waals surface area contributed by atoms with Crippen LogP contribution in [0.3, 0.4) is 0 Å². The van der Waals surface area contributed by atoms with Crippen LogP contribution in [0.25, 0.3) is 0 Å². The Morgan fingerprint density at radius 2 is 2.26 bits per heavy atom. The van der Waals surface area contributed by atoms with Gasteiger partial charge >= 0.3 is 0 Å². The van der Waals surface area contributed by atoms with Gasteiger partial charge in [0.1, 0.15) is 0 Å². The van der Waals surface area contributed by atoms with Crippen LogP contribution >= 0.6 is 11.8 Å². The van der Waals surface area contributed by atoms with Crippen LogP contribution in [-0.4, -0.2) is 54.9 Å². The van der Waals surface area contributed by atoms with E-state index in [2.05, 4.69) is 24.1 Å². The number of amides is 1. The van der Waals surface area contributed by atoms with Gasteiger partial charge in [-0.1, -0.05) is 0 Å². The summed E-state index contributed by atoms with van der Waals surface area (Å²) in [6.45, 7) is 7.03. The van der Waals surface area contributed by atoms with Crippen molar-refractivity contribution in [2.75, 3.05) is 32.1 Å². The summed E-state index contributed by atoms with van der Waals surface area (Å²) in [6, 6.07) is 4.20. The molecule has 1 aliphatic heterocycles. The zero-order chi connectivity index (χ0) is 16.8. The highest BCUT2D eigenvalue weighted by atomic mass is 32.2.